The number of carbonyl (C=O) groups is 2. The molecule has 22 heavy (non-hydrogen) atoms. The predicted octanol–water partition coefficient (Wildman–Crippen LogP) is 1.20. The number of rotatable bonds is 5. The van der Waals surface area contributed by atoms with Gasteiger partial charge >= 0.3 is 0 Å². The van der Waals surface area contributed by atoms with Crippen LogP contribution < -0.4 is 10.6 Å². The largest absolute Gasteiger partial charge is 0.508 e. The molecule has 0 aliphatic rings. The molecule has 1 heterocycles. The summed E-state index contributed by atoms with van der Waals surface area (Å²) in [7, 11) is 1.83. The van der Waals surface area contributed by atoms with E-state index in [-0.39, 0.29) is 17.6 Å². The van der Waals surface area contributed by atoms with E-state index in [9.17, 15) is 9.59 Å². The minimum atomic E-state index is -0.246. The first-order valence-electron chi connectivity index (χ1n) is 6.97. The molecule has 2 rings (SSSR count). The summed E-state index contributed by atoms with van der Waals surface area (Å²) in [5, 5.41) is 14.6. The van der Waals surface area contributed by atoms with Crippen molar-refractivity contribution in [1.82, 2.24) is 15.2 Å². The number of nitrogens with one attached hydrogen (secondary N) is 2. The van der Waals surface area contributed by atoms with Crippen LogP contribution in [0.1, 0.15) is 26.5 Å². The van der Waals surface area contributed by atoms with Gasteiger partial charge in [-0.3, -0.25) is 9.59 Å². The number of nitrogens with zero attached hydrogens (tertiary/aromatic N) is 1. The predicted molar refractivity (Wildman–Crippen MR) is 82.9 cm³/mol. The smallest absolute Gasteiger partial charge is 0.267 e. The van der Waals surface area contributed by atoms with E-state index in [0.29, 0.717) is 24.3 Å². The van der Waals surface area contributed by atoms with E-state index in [1.54, 1.807) is 6.07 Å². The van der Waals surface area contributed by atoms with Crippen LogP contribution in [-0.2, 0) is 7.05 Å². The first-order valence-corrected chi connectivity index (χ1v) is 6.97. The molecule has 0 unspecified atom stereocenters. The molecule has 0 bridgehead atoms. The van der Waals surface area contributed by atoms with Crippen LogP contribution in [0.5, 0.6) is 5.75 Å². The van der Waals surface area contributed by atoms with Crippen LogP contribution in [0.2, 0.25) is 0 Å². The molecule has 1 aromatic carbocycles. The lowest BCUT2D eigenvalue weighted by molar-refractivity contribution is 0.0923. The molecule has 0 aliphatic carbocycles. The average molecular weight is 301 g/mol. The van der Waals surface area contributed by atoms with E-state index in [4.69, 9.17) is 5.11 Å². The van der Waals surface area contributed by atoms with Gasteiger partial charge in [-0.15, -0.1) is 0 Å². The number of aryl methyl sites for hydroxylation is 1. The van der Waals surface area contributed by atoms with Gasteiger partial charge in [0.2, 0.25) is 0 Å². The van der Waals surface area contributed by atoms with Crippen LogP contribution in [0.4, 0.5) is 0 Å². The van der Waals surface area contributed by atoms with Crippen molar-refractivity contribution < 1.29 is 14.7 Å². The van der Waals surface area contributed by atoms with Gasteiger partial charge in [-0.25, -0.2) is 0 Å². The third-order valence-electron chi connectivity index (χ3n) is 3.43. The second kappa shape index (κ2) is 6.80. The van der Waals surface area contributed by atoms with Gasteiger partial charge < -0.3 is 20.3 Å². The molecule has 0 saturated carbocycles. The fraction of sp³-hybridized carbons (Fsp3) is 0.250. The Hall–Kier alpha value is -2.76. The molecule has 3 N–H and O–H groups in total. The van der Waals surface area contributed by atoms with Crippen molar-refractivity contribution in [1.29, 1.82) is 0 Å². The summed E-state index contributed by atoms with van der Waals surface area (Å²) in [5.41, 5.74) is 2.05. The van der Waals surface area contributed by atoms with E-state index in [1.807, 2.05) is 24.6 Å². The van der Waals surface area contributed by atoms with Gasteiger partial charge in [0.25, 0.3) is 11.8 Å². The van der Waals surface area contributed by atoms with Gasteiger partial charge in [0, 0.05) is 31.4 Å². The summed E-state index contributed by atoms with van der Waals surface area (Å²) in [6.45, 7) is 2.59. The number of carbonyl (C=O) groups excluding carboxylic acids is 2. The van der Waals surface area contributed by atoms with Crippen molar-refractivity contribution in [2.75, 3.05) is 13.1 Å². The third-order valence-corrected chi connectivity index (χ3v) is 3.43. The zero-order valence-corrected chi connectivity index (χ0v) is 12.6. The van der Waals surface area contributed by atoms with Crippen LogP contribution in [-0.4, -0.2) is 34.6 Å². The van der Waals surface area contributed by atoms with Crippen molar-refractivity contribution in [3.05, 3.63) is 53.3 Å². The zero-order valence-electron chi connectivity index (χ0n) is 12.6. The minimum absolute atomic E-state index is 0.113. The summed E-state index contributed by atoms with van der Waals surface area (Å²) in [6.07, 6.45) is 0. The molecule has 116 valence electrons. The number of hydrogen-bond donors (Lipinski definition) is 3. The first-order chi connectivity index (χ1) is 10.5. The Morgan fingerprint density at radius 1 is 1.00 bits per heavy atom. The molecule has 0 saturated heterocycles. The number of benzene rings is 1. The highest BCUT2D eigenvalue weighted by Gasteiger charge is 2.10. The second-order valence-electron chi connectivity index (χ2n) is 4.98. The Bertz CT molecular complexity index is 674. The van der Waals surface area contributed by atoms with Crippen molar-refractivity contribution in [3.8, 4) is 5.75 Å². The van der Waals surface area contributed by atoms with Crippen LogP contribution in [0.3, 0.4) is 0 Å². The fourth-order valence-corrected chi connectivity index (χ4v) is 2.00. The SMILES string of the molecule is Cc1ccc(C(=O)NCCNC(=O)c2ccc(O)cc2)n1C. The maximum Gasteiger partial charge on any atom is 0.267 e. The lowest BCUT2D eigenvalue weighted by atomic mass is 10.2. The molecular formula is C16H19N3O3. The van der Waals surface area contributed by atoms with E-state index in [2.05, 4.69) is 10.6 Å². The first kappa shape index (κ1) is 15.6. The normalized spacial score (nSPS) is 10.3. The number of aromatic hydroxyl groups is 1. The summed E-state index contributed by atoms with van der Waals surface area (Å²) in [5.74, 6) is -0.305. The number of amides is 2. The minimum Gasteiger partial charge on any atom is -0.508 e. The van der Waals surface area contributed by atoms with Crippen molar-refractivity contribution in [2.24, 2.45) is 7.05 Å². The highest BCUT2D eigenvalue weighted by atomic mass is 16.3. The fourth-order valence-electron chi connectivity index (χ4n) is 2.00. The third kappa shape index (κ3) is 3.66. The van der Waals surface area contributed by atoms with Gasteiger partial charge in [-0.1, -0.05) is 0 Å². The Kier molecular flexibility index (Phi) is 4.83. The van der Waals surface area contributed by atoms with Gasteiger partial charge in [0.15, 0.2) is 0 Å². The Labute approximate surface area is 128 Å². The molecule has 0 fully saturated rings. The number of aromatic nitrogens is 1. The summed E-state index contributed by atoms with van der Waals surface area (Å²) in [6, 6.07) is 9.62. The van der Waals surface area contributed by atoms with E-state index in [1.165, 1.54) is 24.3 Å². The molecule has 2 amide bonds. The molecule has 6 heteroatoms. The van der Waals surface area contributed by atoms with Crippen molar-refractivity contribution in [2.45, 2.75) is 6.92 Å². The number of phenols is 1. The lowest BCUT2D eigenvalue weighted by Crippen LogP contribution is -2.35. The van der Waals surface area contributed by atoms with Gasteiger partial charge in [-0.2, -0.15) is 0 Å². The second-order valence-corrected chi connectivity index (χ2v) is 4.98. The molecule has 6 nitrogen and oxygen atoms in total. The average Bonchev–Trinajstić information content (AvgIpc) is 2.84. The van der Waals surface area contributed by atoms with Crippen LogP contribution in [0.15, 0.2) is 36.4 Å². The zero-order chi connectivity index (χ0) is 16.1. The molecule has 0 aliphatic heterocycles. The standard InChI is InChI=1S/C16H19N3O3/c1-11-3-8-14(19(11)2)16(22)18-10-9-17-15(21)12-4-6-13(20)7-5-12/h3-8,20H,9-10H2,1-2H3,(H,17,21)(H,18,22). The molecule has 0 spiro atoms. The lowest BCUT2D eigenvalue weighted by Gasteiger charge is -2.08. The maximum atomic E-state index is 12.0. The van der Waals surface area contributed by atoms with E-state index >= 15 is 0 Å². The Morgan fingerprint density at radius 2 is 1.59 bits per heavy atom. The Morgan fingerprint density at radius 3 is 2.14 bits per heavy atom. The van der Waals surface area contributed by atoms with E-state index < -0.39 is 0 Å². The Balaban J connectivity index is 1.77. The molecular weight excluding hydrogens is 282 g/mol. The van der Waals surface area contributed by atoms with Crippen LogP contribution >= 0.6 is 0 Å². The van der Waals surface area contributed by atoms with Gasteiger partial charge in [-0.05, 0) is 43.3 Å². The summed E-state index contributed by atoms with van der Waals surface area (Å²) in [4.78, 5) is 23.8. The molecule has 0 radical (unpaired) electrons. The molecule has 0 atom stereocenters. The maximum absolute atomic E-state index is 12.0. The van der Waals surface area contributed by atoms with Crippen LogP contribution in [0.25, 0.3) is 0 Å². The van der Waals surface area contributed by atoms with Gasteiger partial charge in [0.1, 0.15) is 11.4 Å². The van der Waals surface area contributed by atoms with Crippen LogP contribution in [0, 0.1) is 6.92 Å². The number of hydrogen-bond acceptors (Lipinski definition) is 3. The molecule has 1 aromatic heterocycles. The van der Waals surface area contributed by atoms with E-state index in [0.717, 1.165) is 5.69 Å². The summed E-state index contributed by atoms with van der Waals surface area (Å²) < 4.78 is 1.81. The quantitative estimate of drug-likeness (QED) is 0.726. The van der Waals surface area contributed by atoms with Crippen molar-refractivity contribution in [3.63, 3.8) is 0 Å². The van der Waals surface area contributed by atoms with Gasteiger partial charge in [0.05, 0.1) is 0 Å². The highest BCUT2D eigenvalue weighted by molar-refractivity contribution is 5.94. The summed E-state index contributed by atoms with van der Waals surface area (Å²) >= 11 is 0. The van der Waals surface area contributed by atoms with Crippen molar-refractivity contribution >= 4 is 11.8 Å². The molecule has 2 aromatic rings. The number of phenolic OH excluding ortho intramolecular Hbond substituents is 1. The highest BCUT2D eigenvalue weighted by Crippen LogP contribution is 2.09. The monoisotopic (exact) mass is 301 g/mol. The topological polar surface area (TPSA) is 83.4 Å².